The number of hydrogen-bond acceptors (Lipinski definition) is 5. The van der Waals surface area contributed by atoms with E-state index in [4.69, 9.17) is 16.3 Å². The molecule has 206 valence electrons. The molecule has 0 radical (unpaired) electrons. The Morgan fingerprint density at radius 3 is 2.05 bits per heavy atom. The van der Waals surface area contributed by atoms with Crippen molar-refractivity contribution >= 4 is 41.1 Å². The number of carbonyl (C=O) groups is 3. The first-order valence-corrected chi connectivity index (χ1v) is 16.4. The number of thioether (sulfide) groups is 1. The van der Waals surface area contributed by atoms with E-state index in [2.05, 4.69) is 5.32 Å². The summed E-state index contributed by atoms with van der Waals surface area (Å²) in [6.07, 6.45) is 18.0. The van der Waals surface area contributed by atoms with E-state index in [-0.39, 0.29) is 35.1 Å². The molecule has 1 N–H and O–H groups in total. The lowest BCUT2D eigenvalue weighted by Gasteiger charge is -2.50. The third-order valence-electron chi connectivity index (χ3n) is 9.39. The molecule has 0 bridgehead atoms. The number of rotatable bonds is 8. The van der Waals surface area contributed by atoms with E-state index < -0.39 is 6.04 Å². The highest BCUT2D eigenvalue weighted by molar-refractivity contribution is 8.00. The van der Waals surface area contributed by atoms with Crippen molar-refractivity contribution in [3.8, 4) is 0 Å². The maximum Gasteiger partial charge on any atom is 0.355 e. The van der Waals surface area contributed by atoms with E-state index in [0.717, 1.165) is 44.1 Å². The number of amides is 2. The van der Waals surface area contributed by atoms with E-state index >= 15 is 0 Å². The smallest absolute Gasteiger partial charge is 0.355 e. The fourth-order valence-corrected chi connectivity index (χ4v) is 9.02. The summed E-state index contributed by atoms with van der Waals surface area (Å²) in [5.41, 5.74) is 1.11. The van der Waals surface area contributed by atoms with Gasteiger partial charge in [0.15, 0.2) is 0 Å². The van der Waals surface area contributed by atoms with Gasteiger partial charge in [-0.25, -0.2) is 4.79 Å². The largest absolute Gasteiger partial charge is 0.457 e. The Hall–Kier alpha value is -1.21. The average molecular weight is 551 g/mol. The Bertz CT molecular complexity index is 859. The maximum absolute atomic E-state index is 13.8. The Morgan fingerprint density at radius 1 is 0.919 bits per heavy atom. The molecule has 2 heterocycles. The number of alkyl halides is 1. The van der Waals surface area contributed by atoms with Crippen molar-refractivity contribution in [2.45, 2.75) is 120 Å². The van der Waals surface area contributed by atoms with Crippen LogP contribution in [-0.4, -0.2) is 51.8 Å². The second-order valence-electron chi connectivity index (χ2n) is 11.9. The molecule has 3 aliphatic carbocycles. The van der Waals surface area contributed by atoms with Gasteiger partial charge in [-0.05, 0) is 61.9 Å². The third-order valence-corrected chi connectivity index (χ3v) is 11.1. The van der Waals surface area contributed by atoms with Crippen LogP contribution < -0.4 is 5.32 Å². The quantitative estimate of drug-likeness (QED) is 0.230. The molecule has 0 spiro atoms. The minimum absolute atomic E-state index is 0.0450. The summed E-state index contributed by atoms with van der Waals surface area (Å²) >= 11 is 7.86. The summed E-state index contributed by atoms with van der Waals surface area (Å²) in [5.74, 6) is 1.37. The van der Waals surface area contributed by atoms with Crippen LogP contribution in [0.4, 0.5) is 0 Å². The fourth-order valence-electron chi connectivity index (χ4n) is 7.34. The van der Waals surface area contributed by atoms with Gasteiger partial charge < -0.3 is 10.1 Å². The Balaban J connectivity index is 1.26. The molecule has 4 fully saturated rings. The molecule has 1 saturated heterocycles. The highest BCUT2D eigenvalue weighted by atomic mass is 35.5. The lowest BCUT2D eigenvalue weighted by Crippen LogP contribution is -2.70. The molecule has 5 aliphatic rings. The van der Waals surface area contributed by atoms with Crippen molar-refractivity contribution in [1.29, 1.82) is 0 Å². The first-order chi connectivity index (χ1) is 18.1. The average Bonchev–Trinajstić information content (AvgIpc) is 2.95. The van der Waals surface area contributed by atoms with Crippen molar-refractivity contribution in [2.24, 2.45) is 17.8 Å². The van der Waals surface area contributed by atoms with Gasteiger partial charge in [-0.1, -0.05) is 57.8 Å². The molecule has 37 heavy (non-hydrogen) atoms. The van der Waals surface area contributed by atoms with Crippen LogP contribution in [0.3, 0.4) is 0 Å². The number of nitrogens with one attached hydrogen (secondary N) is 1. The normalized spacial score (nSPS) is 28.2. The minimum Gasteiger partial charge on any atom is -0.457 e. The van der Waals surface area contributed by atoms with Crippen LogP contribution in [0.25, 0.3) is 0 Å². The van der Waals surface area contributed by atoms with E-state index in [1.165, 1.54) is 57.8 Å². The van der Waals surface area contributed by atoms with E-state index in [9.17, 15) is 14.4 Å². The molecule has 8 heteroatoms. The molecular formula is C29H43ClN2O4S. The van der Waals surface area contributed by atoms with Crippen molar-refractivity contribution in [3.63, 3.8) is 0 Å². The molecule has 2 amide bonds. The Kier molecular flexibility index (Phi) is 9.44. The summed E-state index contributed by atoms with van der Waals surface area (Å²) < 4.78 is 6.37. The summed E-state index contributed by atoms with van der Waals surface area (Å²) in [6.45, 7) is 0. The standard InChI is InChI=1S/C29H43ClN2O4S/c30-17-22-18-37-28-24(31-23(33)16-19-10-4-1-5-11-19)27(34)32(28)25(22)29(35)36-26(20-12-6-2-7-13-20)21-14-8-3-9-15-21/h19-21,24,26,28H,1-18H2,(H,31,33). The van der Waals surface area contributed by atoms with Gasteiger partial charge in [0.2, 0.25) is 5.91 Å². The van der Waals surface area contributed by atoms with Crippen LogP contribution >= 0.6 is 23.4 Å². The van der Waals surface area contributed by atoms with Gasteiger partial charge in [-0.2, -0.15) is 0 Å². The van der Waals surface area contributed by atoms with E-state index in [1.807, 2.05) is 0 Å². The zero-order valence-electron chi connectivity index (χ0n) is 22.1. The van der Waals surface area contributed by atoms with Gasteiger partial charge in [0.25, 0.3) is 5.91 Å². The van der Waals surface area contributed by atoms with Crippen LogP contribution in [0, 0.1) is 17.8 Å². The van der Waals surface area contributed by atoms with Gasteiger partial charge in [0.1, 0.15) is 23.2 Å². The predicted molar refractivity (Wildman–Crippen MR) is 147 cm³/mol. The highest BCUT2D eigenvalue weighted by Crippen LogP contribution is 2.43. The summed E-state index contributed by atoms with van der Waals surface area (Å²) in [6, 6.07) is -0.576. The fraction of sp³-hybridized carbons (Fsp3) is 0.828. The number of nitrogens with zero attached hydrogens (tertiary/aromatic N) is 1. The molecule has 5 rings (SSSR count). The van der Waals surface area contributed by atoms with Crippen molar-refractivity contribution in [2.75, 3.05) is 11.6 Å². The lowest BCUT2D eigenvalue weighted by molar-refractivity contribution is -0.160. The summed E-state index contributed by atoms with van der Waals surface area (Å²) in [7, 11) is 0. The molecular weight excluding hydrogens is 508 g/mol. The summed E-state index contributed by atoms with van der Waals surface area (Å²) in [4.78, 5) is 41.4. The van der Waals surface area contributed by atoms with Gasteiger partial charge in [0, 0.05) is 18.1 Å². The van der Waals surface area contributed by atoms with Gasteiger partial charge >= 0.3 is 5.97 Å². The SMILES string of the molecule is O=C(CC1CCCCC1)NC1C(=O)N2C(C(=O)OC(C3CCCCC3)C3CCCCC3)=C(CCl)CSC12. The zero-order chi connectivity index (χ0) is 25.8. The number of hydrogen-bond donors (Lipinski definition) is 1. The van der Waals surface area contributed by atoms with Crippen LogP contribution in [0.2, 0.25) is 0 Å². The second-order valence-corrected chi connectivity index (χ2v) is 13.3. The second kappa shape index (κ2) is 12.8. The number of fused-ring (bicyclic) bond motifs is 1. The molecule has 0 aromatic carbocycles. The van der Waals surface area contributed by atoms with Crippen LogP contribution in [0.1, 0.15) is 103 Å². The number of β-lactam (4-membered cyclic amide) rings is 1. The van der Waals surface area contributed by atoms with Gasteiger partial charge in [0.05, 0.1) is 0 Å². The molecule has 6 nitrogen and oxygen atoms in total. The lowest BCUT2D eigenvalue weighted by atomic mass is 9.75. The first kappa shape index (κ1) is 27.4. The van der Waals surface area contributed by atoms with Gasteiger partial charge in [-0.3, -0.25) is 14.5 Å². The van der Waals surface area contributed by atoms with Crippen LogP contribution in [0.5, 0.6) is 0 Å². The monoisotopic (exact) mass is 550 g/mol. The molecule has 2 aliphatic heterocycles. The van der Waals surface area contributed by atoms with Crippen molar-refractivity contribution < 1.29 is 19.1 Å². The molecule has 0 aromatic heterocycles. The molecule has 3 saturated carbocycles. The minimum atomic E-state index is -0.576. The number of esters is 1. The zero-order valence-corrected chi connectivity index (χ0v) is 23.6. The number of halogens is 1. The Labute approximate surface area is 231 Å². The number of carbonyl (C=O) groups excluding carboxylic acids is 3. The van der Waals surface area contributed by atoms with Crippen molar-refractivity contribution in [1.82, 2.24) is 10.2 Å². The van der Waals surface area contributed by atoms with E-state index in [1.54, 1.807) is 16.7 Å². The first-order valence-electron chi connectivity index (χ1n) is 14.8. The van der Waals surface area contributed by atoms with Gasteiger partial charge in [-0.15, -0.1) is 23.4 Å². The highest BCUT2D eigenvalue weighted by Gasteiger charge is 2.54. The van der Waals surface area contributed by atoms with E-state index in [0.29, 0.717) is 35.6 Å². The molecule has 0 aromatic rings. The molecule has 2 unspecified atom stereocenters. The maximum atomic E-state index is 13.8. The van der Waals surface area contributed by atoms with Crippen LogP contribution in [-0.2, 0) is 19.1 Å². The third kappa shape index (κ3) is 6.18. The molecule has 2 atom stereocenters. The van der Waals surface area contributed by atoms with Crippen LogP contribution in [0.15, 0.2) is 11.3 Å². The topological polar surface area (TPSA) is 75.7 Å². The number of ether oxygens (including phenoxy) is 1. The van der Waals surface area contributed by atoms with Crippen molar-refractivity contribution in [3.05, 3.63) is 11.3 Å². The summed E-state index contributed by atoms with van der Waals surface area (Å²) in [5, 5.41) is 2.73. The Morgan fingerprint density at radius 2 is 1.49 bits per heavy atom. The predicted octanol–water partition coefficient (Wildman–Crippen LogP) is 5.92.